The molecule has 9 heteroatoms. The molecule has 170 valence electrons. The standard InChI is InChI=1S/C23H30N6O3/c1-15-5-3-9-28(13-15)21(22-25-26-27-29(22)14-18-6-4-10-32-18)19-12-16-11-17(31-2)7-8-20(16)24-23(19)30/h7-8,11-12,15,18,21H,3-6,9-10,13-14H2,1-2H3,(H,24,30). The van der Waals surface area contributed by atoms with Gasteiger partial charge in [-0.05, 0) is 72.8 Å². The maximum absolute atomic E-state index is 13.3. The molecule has 2 aliphatic rings. The number of hydrogen-bond acceptors (Lipinski definition) is 7. The van der Waals surface area contributed by atoms with Crippen molar-refractivity contribution in [1.29, 1.82) is 0 Å². The van der Waals surface area contributed by atoms with Gasteiger partial charge in [-0.25, -0.2) is 4.68 Å². The average Bonchev–Trinajstić information content (AvgIpc) is 3.47. The van der Waals surface area contributed by atoms with E-state index < -0.39 is 0 Å². The second-order valence-corrected chi connectivity index (χ2v) is 9.01. The molecule has 0 saturated carbocycles. The number of fused-ring (bicyclic) bond motifs is 1. The van der Waals surface area contributed by atoms with Crippen molar-refractivity contribution in [1.82, 2.24) is 30.1 Å². The van der Waals surface area contributed by atoms with E-state index in [1.165, 1.54) is 6.42 Å². The number of tetrazole rings is 1. The first-order chi connectivity index (χ1) is 15.6. The number of likely N-dealkylation sites (tertiary alicyclic amines) is 1. The van der Waals surface area contributed by atoms with Gasteiger partial charge < -0.3 is 14.5 Å². The van der Waals surface area contributed by atoms with Gasteiger partial charge in [-0.3, -0.25) is 9.69 Å². The molecule has 0 spiro atoms. The van der Waals surface area contributed by atoms with Gasteiger partial charge in [0.25, 0.3) is 5.56 Å². The van der Waals surface area contributed by atoms with Crippen LogP contribution in [0.5, 0.6) is 5.75 Å². The Hall–Kier alpha value is -2.78. The van der Waals surface area contributed by atoms with Crippen molar-refractivity contribution in [3.05, 3.63) is 46.0 Å². The highest BCUT2D eigenvalue weighted by atomic mass is 16.5. The maximum atomic E-state index is 13.3. The minimum absolute atomic E-state index is 0.109. The van der Waals surface area contributed by atoms with Crippen LogP contribution < -0.4 is 10.3 Å². The van der Waals surface area contributed by atoms with Gasteiger partial charge in [-0.15, -0.1) is 5.10 Å². The van der Waals surface area contributed by atoms with E-state index in [-0.39, 0.29) is 17.7 Å². The van der Waals surface area contributed by atoms with Gasteiger partial charge in [-0.2, -0.15) is 0 Å². The number of H-pyrrole nitrogens is 1. The molecule has 1 N–H and O–H groups in total. The Labute approximate surface area is 186 Å². The van der Waals surface area contributed by atoms with Crippen LogP contribution in [0.4, 0.5) is 0 Å². The smallest absolute Gasteiger partial charge is 0.253 e. The summed E-state index contributed by atoms with van der Waals surface area (Å²) in [6, 6.07) is 7.31. The molecule has 3 atom stereocenters. The molecule has 5 rings (SSSR count). The molecule has 2 aliphatic heterocycles. The molecule has 3 aromatic rings. The number of aromatic amines is 1. The summed E-state index contributed by atoms with van der Waals surface area (Å²) in [5.74, 6) is 2.00. The van der Waals surface area contributed by atoms with Gasteiger partial charge in [0.05, 0.1) is 19.8 Å². The fourth-order valence-electron chi connectivity index (χ4n) is 5.01. The summed E-state index contributed by atoms with van der Waals surface area (Å²) in [6.07, 6.45) is 4.44. The first kappa shape index (κ1) is 21.1. The number of methoxy groups -OCH3 is 1. The van der Waals surface area contributed by atoms with Gasteiger partial charge in [0, 0.05) is 29.6 Å². The number of ether oxygens (including phenoxy) is 2. The van der Waals surface area contributed by atoms with Crippen LogP contribution in [0.2, 0.25) is 0 Å². The number of nitrogens with zero attached hydrogens (tertiary/aromatic N) is 5. The van der Waals surface area contributed by atoms with Gasteiger partial charge in [-0.1, -0.05) is 6.92 Å². The molecule has 1 aromatic carbocycles. The van der Waals surface area contributed by atoms with Gasteiger partial charge in [0.1, 0.15) is 11.8 Å². The van der Waals surface area contributed by atoms with E-state index in [4.69, 9.17) is 9.47 Å². The SMILES string of the molecule is COc1ccc2[nH]c(=O)c(C(c3nnnn3CC3CCCO3)N3CCCC(C)C3)cc2c1. The molecule has 2 aromatic heterocycles. The fourth-order valence-corrected chi connectivity index (χ4v) is 5.01. The Bertz CT molecular complexity index is 1140. The third-order valence-electron chi connectivity index (χ3n) is 6.63. The summed E-state index contributed by atoms with van der Waals surface area (Å²) in [4.78, 5) is 18.7. The molecule has 3 unspecified atom stereocenters. The number of benzene rings is 1. The summed E-state index contributed by atoms with van der Waals surface area (Å²) in [7, 11) is 1.64. The van der Waals surface area contributed by atoms with Crippen molar-refractivity contribution in [3.63, 3.8) is 0 Å². The van der Waals surface area contributed by atoms with E-state index in [0.29, 0.717) is 23.9 Å². The Morgan fingerprint density at radius 3 is 2.97 bits per heavy atom. The van der Waals surface area contributed by atoms with E-state index in [2.05, 4.69) is 32.3 Å². The van der Waals surface area contributed by atoms with Crippen LogP contribution in [0.3, 0.4) is 0 Å². The summed E-state index contributed by atoms with van der Waals surface area (Å²) in [5, 5.41) is 13.6. The number of aromatic nitrogens is 5. The Morgan fingerprint density at radius 1 is 1.28 bits per heavy atom. The van der Waals surface area contributed by atoms with Gasteiger partial charge in [0.15, 0.2) is 5.82 Å². The van der Waals surface area contributed by atoms with E-state index in [9.17, 15) is 4.79 Å². The molecule has 0 aliphatic carbocycles. The zero-order valence-corrected chi connectivity index (χ0v) is 18.7. The number of hydrogen-bond donors (Lipinski definition) is 1. The Morgan fingerprint density at radius 2 is 2.19 bits per heavy atom. The minimum Gasteiger partial charge on any atom is -0.497 e. The van der Waals surface area contributed by atoms with E-state index >= 15 is 0 Å². The van der Waals surface area contributed by atoms with Crippen molar-refractivity contribution in [2.45, 2.75) is 51.3 Å². The highest BCUT2D eigenvalue weighted by Crippen LogP contribution is 2.31. The zero-order chi connectivity index (χ0) is 22.1. The first-order valence-corrected chi connectivity index (χ1v) is 11.4. The lowest BCUT2D eigenvalue weighted by atomic mass is 9.95. The van der Waals surface area contributed by atoms with Crippen LogP contribution in [0, 0.1) is 5.92 Å². The monoisotopic (exact) mass is 438 g/mol. The predicted molar refractivity (Wildman–Crippen MR) is 120 cm³/mol. The van der Waals surface area contributed by atoms with E-state index in [1.807, 2.05) is 28.9 Å². The van der Waals surface area contributed by atoms with Crippen LogP contribution in [0.15, 0.2) is 29.1 Å². The van der Waals surface area contributed by atoms with Crippen molar-refractivity contribution >= 4 is 10.9 Å². The van der Waals surface area contributed by atoms with Crippen LogP contribution in [0.1, 0.15) is 50.0 Å². The topological polar surface area (TPSA) is 98.2 Å². The summed E-state index contributed by atoms with van der Waals surface area (Å²) < 4.78 is 13.0. The second kappa shape index (κ2) is 8.99. The number of nitrogens with one attached hydrogen (secondary N) is 1. The predicted octanol–water partition coefficient (Wildman–Crippen LogP) is 2.52. The summed E-state index contributed by atoms with van der Waals surface area (Å²) >= 11 is 0. The molecule has 4 heterocycles. The van der Waals surface area contributed by atoms with Crippen LogP contribution in [-0.2, 0) is 11.3 Å². The second-order valence-electron chi connectivity index (χ2n) is 9.01. The van der Waals surface area contributed by atoms with Crippen molar-refractivity contribution < 1.29 is 9.47 Å². The summed E-state index contributed by atoms with van der Waals surface area (Å²) in [6.45, 7) is 5.43. The van der Waals surface area contributed by atoms with E-state index in [0.717, 1.165) is 55.6 Å². The third kappa shape index (κ3) is 4.14. The zero-order valence-electron chi connectivity index (χ0n) is 18.7. The van der Waals surface area contributed by atoms with Crippen LogP contribution >= 0.6 is 0 Å². The fraction of sp³-hybridized carbons (Fsp3) is 0.565. The van der Waals surface area contributed by atoms with E-state index in [1.54, 1.807) is 7.11 Å². The lowest BCUT2D eigenvalue weighted by molar-refractivity contribution is 0.0889. The molecule has 2 saturated heterocycles. The number of pyridine rings is 1. The van der Waals surface area contributed by atoms with Crippen molar-refractivity contribution in [2.24, 2.45) is 5.92 Å². The Kier molecular flexibility index (Phi) is 5.93. The first-order valence-electron chi connectivity index (χ1n) is 11.4. The lowest BCUT2D eigenvalue weighted by Gasteiger charge is -2.36. The molecule has 9 nitrogen and oxygen atoms in total. The molecule has 2 fully saturated rings. The van der Waals surface area contributed by atoms with Crippen molar-refractivity contribution in [3.8, 4) is 5.75 Å². The Balaban J connectivity index is 1.60. The molecule has 32 heavy (non-hydrogen) atoms. The van der Waals surface area contributed by atoms with Gasteiger partial charge >= 0.3 is 0 Å². The average molecular weight is 439 g/mol. The highest BCUT2D eigenvalue weighted by molar-refractivity contribution is 5.80. The number of piperidine rings is 1. The quantitative estimate of drug-likeness (QED) is 0.631. The lowest BCUT2D eigenvalue weighted by Crippen LogP contribution is -2.41. The highest BCUT2D eigenvalue weighted by Gasteiger charge is 2.33. The number of rotatable bonds is 6. The molecular formula is C23H30N6O3. The minimum atomic E-state index is -0.325. The van der Waals surface area contributed by atoms with Gasteiger partial charge in [0.2, 0.25) is 0 Å². The molecule has 0 amide bonds. The molecule has 0 radical (unpaired) electrons. The largest absolute Gasteiger partial charge is 0.497 e. The summed E-state index contributed by atoms with van der Waals surface area (Å²) in [5.41, 5.74) is 1.32. The van der Waals surface area contributed by atoms with Crippen LogP contribution in [-0.4, -0.2) is 63.0 Å². The third-order valence-corrected chi connectivity index (χ3v) is 6.63. The van der Waals surface area contributed by atoms with Crippen LogP contribution in [0.25, 0.3) is 10.9 Å². The molecular weight excluding hydrogens is 408 g/mol. The normalized spacial score (nSPS) is 22.9. The van der Waals surface area contributed by atoms with Crippen molar-refractivity contribution in [2.75, 3.05) is 26.8 Å². The maximum Gasteiger partial charge on any atom is 0.253 e. The molecule has 0 bridgehead atoms.